The van der Waals surface area contributed by atoms with Gasteiger partial charge in [-0.05, 0) is 124 Å². The summed E-state index contributed by atoms with van der Waals surface area (Å²) in [6, 6.07) is 0. The zero-order valence-electron chi connectivity index (χ0n) is 34.6. The fourth-order valence-corrected chi connectivity index (χ4v) is 14.6. The number of ether oxygens (including phenoxy) is 5. The third-order valence-corrected chi connectivity index (χ3v) is 17.6. The highest BCUT2D eigenvalue weighted by atomic mass is 16.7. The summed E-state index contributed by atoms with van der Waals surface area (Å²) in [4.78, 5) is 5.02. The Hall–Kier alpha value is -0.360. The minimum Gasteiger partial charge on any atom is -0.393 e. The van der Waals surface area contributed by atoms with Gasteiger partial charge in [-0.3, -0.25) is 9.80 Å². The Morgan fingerprint density at radius 3 is 2.29 bits per heavy atom. The molecule has 2 N–H and O–H groups in total. The monoisotopic (exact) mass is 733 g/mol. The molecule has 5 aliphatic carbocycles. The molecular formula is C43H76N2O7. The van der Waals surface area contributed by atoms with Crippen LogP contribution in [0.25, 0.3) is 0 Å². The predicted octanol–water partition coefficient (Wildman–Crippen LogP) is 5.99. The Morgan fingerprint density at radius 2 is 1.62 bits per heavy atom. The van der Waals surface area contributed by atoms with E-state index in [0.717, 1.165) is 65.1 Å². The third kappa shape index (κ3) is 6.20. The van der Waals surface area contributed by atoms with Gasteiger partial charge < -0.3 is 33.9 Å². The largest absolute Gasteiger partial charge is 0.393 e. The van der Waals surface area contributed by atoms with Crippen LogP contribution in [0.15, 0.2) is 0 Å². The molecule has 300 valence electrons. The molecule has 2 heterocycles. The second kappa shape index (κ2) is 14.2. The Balaban J connectivity index is 1.02. The first-order chi connectivity index (χ1) is 24.5. The van der Waals surface area contributed by atoms with E-state index < -0.39 is 11.7 Å². The third-order valence-electron chi connectivity index (χ3n) is 17.6. The fourth-order valence-electron chi connectivity index (χ4n) is 14.6. The maximum absolute atomic E-state index is 12.3. The van der Waals surface area contributed by atoms with E-state index in [4.69, 9.17) is 23.7 Å². The number of aliphatic hydroxyl groups excluding tert-OH is 1. The average molecular weight is 733 g/mol. The quantitative estimate of drug-likeness (QED) is 0.224. The van der Waals surface area contributed by atoms with Crippen LogP contribution in [0.5, 0.6) is 0 Å². The molecule has 0 aromatic heterocycles. The number of likely N-dealkylation sites (tertiary alicyclic amines) is 1. The lowest BCUT2D eigenvalue weighted by atomic mass is 9.41. The molecule has 0 aromatic carbocycles. The molecule has 7 aliphatic rings. The summed E-state index contributed by atoms with van der Waals surface area (Å²) in [7, 11) is 3.57. The summed E-state index contributed by atoms with van der Waals surface area (Å²) in [5.74, 6) is 1.96. The number of fused-ring (bicyclic) bond motifs is 2. The SMILES string of the molecule is CCO[C@@H](C(C[C@@H](C)[C@H]1C[C@H](O)[C@@]2(C)C3CC[C@H]4C(C)(C)[C@@H](O[C@H]5CN(CCN6CC(OC)C6)CCO5)CC[C@@]45C[C@@]35CC[C@]12C)OC)C(C)(C)O. The van der Waals surface area contributed by atoms with E-state index in [1.807, 2.05) is 27.9 Å². The maximum atomic E-state index is 12.3. The molecule has 9 heteroatoms. The molecule has 9 nitrogen and oxygen atoms in total. The molecule has 2 spiro atoms. The summed E-state index contributed by atoms with van der Waals surface area (Å²) >= 11 is 0. The second-order valence-electron chi connectivity index (χ2n) is 20.4. The van der Waals surface area contributed by atoms with Gasteiger partial charge in [-0.25, -0.2) is 0 Å². The smallest absolute Gasteiger partial charge is 0.170 e. The van der Waals surface area contributed by atoms with Crippen LogP contribution in [0.2, 0.25) is 0 Å². The molecule has 2 unspecified atom stereocenters. The van der Waals surface area contributed by atoms with Crippen molar-refractivity contribution in [1.82, 2.24) is 9.80 Å². The Bertz CT molecular complexity index is 1250. The topological polar surface area (TPSA) is 93.1 Å². The van der Waals surface area contributed by atoms with Crippen LogP contribution in [0.1, 0.15) is 113 Å². The number of morpholine rings is 1. The maximum Gasteiger partial charge on any atom is 0.170 e. The Labute approximate surface area is 316 Å². The lowest BCUT2D eigenvalue weighted by molar-refractivity contribution is -0.249. The van der Waals surface area contributed by atoms with Crippen molar-refractivity contribution in [2.45, 2.75) is 156 Å². The van der Waals surface area contributed by atoms with Crippen LogP contribution in [0.3, 0.4) is 0 Å². The van der Waals surface area contributed by atoms with E-state index in [9.17, 15) is 10.2 Å². The molecule has 52 heavy (non-hydrogen) atoms. The van der Waals surface area contributed by atoms with Crippen molar-refractivity contribution < 1.29 is 33.9 Å². The Morgan fingerprint density at radius 1 is 0.923 bits per heavy atom. The number of nitrogens with zero attached hydrogens (tertiary/aromatic N) is 2. The molecule has 0 aromatic rings. The van der Waals surface area contributed by atoms with E-state index in [2.05, 4.69) is 44.4 Å². The van der Waals surface area contributed by atoms with Crippen molar-refractivity contribution in [3.05, 3.63) is 0 Å². The van der Waals surface area contributed by atoms with Crippen molar-refractivity contribution in [1.29, 1.82) is 0 Å². The number of rotatable bonds is 14. The minimum absolute atomic E-state index is 0.0632. The molecule has 13 atom stereocenters. The molecule has 2 saturated heterocycles. The van der Waals surface area contributed by atoms with Gasteiger partial charge in [0.2, 0.25) is 0 Å². The Kier molecular flexibility index (Phi) is 10.9. The first-order valence-corrected chi connectivity index (χ1v) is 21.3. The summed E-state index contributed by atoms with van der Waals surface area (Å²) in [5, 5.41) is 23.3. The van der Waals surface area contributed by atoms with Crippen LogP contribution in [0, 0.1) is 50.7 Å². The average Bonchev–Trinajstić information content (AvgIpc) is 3.69. The molecule has 0 amide bonds. The fraction of sp³-hybridized carbons (Fsp3) is 1.00. The number of aliphatic hydroxyl groups is 2. The van der Waals surface area contributed by atoms with Crippen LogP contribution in [-0.2, 0) is 23.7 Å². The lowest BCUT2D eigenvalue weighted by Crippen LogP contribution is -2.60. The molecule has 2 aliphatic heterocycles. The van der Waals surface area contributed by atoms with Gasteiger partial charge in [0.15, 0.2) is 6.29 Å². The van der Waals surface area contributed by atoms with E-state index in [0.29, 0.717) is 47.2 Å². The highest BCUT2D eigenvalue weighted by Crippen LogP contribution is 2.89. The lowest BCUT2D eigenvalue weighted by Gasteiger charge is -2.64. The minimum atomic E-state index is -0.996. The van der Waals surface area contributed by atoms with Crippen LogP contribution < -0.4 is 0 Å². The highest BCUT2D eigenvalue weighted by molar-refractivity contribution is 5.31. The molecular weight excluding hydrogens is 656 g/mol. The molecule has 0 bridgehead atoms. The summed E-state index contributed by atoms with van der Waals surface area (Å²) in [6.45, 7) is 25.5. The molecule has 7 fully saturated rings. The van der Waals surface area contributed by atoms with Gasteiger partial charge in [-0.2, -0.15) is 0 Å². The number of hydrogen-bond donors (Lipinski definition) is 2. The first-order valence-electron chi connectivity index (χ1n) is 21.3. The zero-order valence-corrected chi connectivity index (χ0v) is 34.6. The van der Waals surface area contributed by atoms with E-state index in [1.165, 1.54) is 38.5 Å². The van der Waals surface area contributed by atoms with Crippen molar-refractivity contribution in [3.63, 3.8) is 0 Å². The summed E-state index contributed by atoms with van der Waals surface area (Å²) in [6.07, 6.45) is 9.91. The normalized spacial score (nSPS) is 45.2. The van der Waals surface area contributed by atoms with Gasteiger partial charge in [0.25, 0.3) is 0 Å². The van der Waals surface area contributed by atoms with Crippen molar-refractivity contribution in [3.8, 4) is 0 Å². The van der Waals surface area contributed by atoms with Crippen molar-refractivity contribution in [2.75, 3.05) is 66.7 Å². The van der Waals surface area contributed by atoms with Crippen molar-refractivity contribution in [2.24, 2.45) is 50.7 Å². The van der Waals surface area contributed by atoms with Crippen LogP contribution in [-0.4, -0.2) is 129 Å². The predicted molar refractivity (Wildman–Crippen MR) is 203 cm³/mol. The number of hydrogen-bond acceptors (Lipinski definition) is 9. The van der Waals surface area contributed by atoms with Gasteiger partial charge in [0, 0.05) is 65.5 Å². The summed E-state index contributed by atoms with van der Waals surface area (Å²) in [5.41, 5.74) is -0.224. The van der Waals surface area contributed by atoms with E-state index >= 15 is 0 Å². The standard InChI is InChI=1S/C43H76N2O7/c1-11-50-37(39(5,6)47)31(49-10)22-28(2)30-23-34(46)41(8)33-13-12-32-38(3,4)35(14-15-42(32)27-43(33,42)17-16-40(30,41)7)52-36-26-44(20-21-51-36)18-19-45-24-29(25-45)48-9/h28-37,46-47H,11-27H2,1-10H3/t28-,30-,31?,32+,33?,34+,35+,36+,37+,40-,41-,42-,43+/m1/s1. The van der Waals surface area contributed by atoms with Gasteiger partial charge in [-0.15, -0.1) is 0 Å². The van der Waals surface area contributed by atoms with Gasteiger partial charge in [-0.1, -0.05) is 34.6 Å². The van der Waals surface area contributed by atoms with Crippen molar-refractivity contribution >= 4 is 0 Å². The highest BCUT2D eigenvalue weighted by Gasteiger charge is 2.83. The second-order valence-corrected chi connectivity index (χ2v) is 20.4. The van der Waals surface area contributed by atoms with Gasteiger partial charge >= 0.3 is 0 Å². The molecule has 0 radical (unpaired) electrons. The van der Waals surface area contributed by atoms with Crippen LogP contribution >= 0.6 is 0 Å². The summed E-state index contributed by atoms with van der Waals surface area (Å²) < 4.78 is 30.9. The molecule has 7 rings (SSSR count). The van der Waals surface area contributed by atoms with Gasteiger partial charge in [0.05, 0.1) is 36.6 Å². The van der Waals surface area contributed by atoms with Crippen LogP contribution in [0.4, 0.5) is 0 Å². The first kappa shape index (κ1) is 39.9. The zero-order chi connectivity index (χ0) is 37.5. The molecule has 5 saturated carbocycles. The van der Waals surface area contributed by atoms with E-state index in [-0.39, 0.29) is 40.8 Å². The van der Waals surface area contributed by atoms with Gasteiger partial charge in [0.1, 0.15) is 6.10 Å². The van der Waals surface area contributed by atoms with E-state index in [1.54, 1.807) is 7.11 Å². The number of methoxy groups -OCH3 is 2.